The molecular weight excluding hydrogens is 292 g/mol. The highest BCUT2D eigenvalue weighted by molar-refractivity contribution is 5.76. The molecule has 0 aliphatic carbocycles. The molecule has 1 amide bonds. The van der Waals surface area contributed by atoms with Crippen molar-refractivity contribution >= 4 is 5.91 Å². The number of aryl methyl sites for hydroxylation is 2. The van der Waals surface area contributed by atoms with Crippen LogP contribution in [0.15, 0.2) is 24.3 Å². The van der Waals surface area contributed by atoms with Gasteiger partial charge < -0.3 is 15.2 Å². The third kappa shape index (κ3) is 6.69. The topological polar surface area (TPSA) is 61.8 Å². The molecule has 0 saturated carbocycles. The number of benzene rings is 1. The number of amides is 1. The van der Waals surface area contributed by atoms with Gasteiger partial charge in [0.25, 0.3) is 0 Å². The van der Waals surface area contributed by atoms with Crippen molar-refractivity contribution in [3.05, 3.63) is 35.4 Å². The van der Waals surface area contributed by atoms with E-state index in [1.807, 2.05) is 0 Å². The summed E-state index contributed by atoms with van der Waals surface area (Å²) in [6.07, 6.45) is 1.69. The van der Waals surface area contributed by atoms with E-state index < -0.39 is 6.10 Å². The van der Waals surface area contributed by atoms with E-state index in [0.717, 1.165) is 39.1 Å². The van der Waals surface area contributed by atoms with Gasteiger partial charge in [-0.1, -0.05) is 31.2 Å². The first-order valence-electron chi connectivity index (χ1n) is 8.50. The SMILES string of the molecule is CCc1ccc(CCC(=O)NCC(O)CN2CCOCC2)cc1. The summed E-state index contributed by atoms with van der Waals surface area (Å²) >= 11 is 0. The van der Waals surface area contributed by atoms with Gasteiger partial charge in [0, 0.05) is 32.6 Å². The Bertz CT molecular complexity index is 470. The van der Waals surface area contributed by atoms with E-state index in [-0.39, 0.29) is 5.91 Å². The summed E-state index contributed by atoms with van der Waals surface area (Å²) in [4.78, 5) is 14.0. The van der Waals surface area contributed by atoms with Crippen LogP contribution in [0.3, 0.4) is 0 Å². The third-order valence-electron chi connectivity index (χ3n) is 4.18. The predicted octanol–water partition coefficient (Wildman–Crippen LogP) is 0.991. The van der Waals surface area contributed by atoms with Gasteiger partial charge in [-0.3, -0.25) is 9.69 Å². The molecule has 1 aliphatic rings. The zero-order valence-electron chi connectivity index (χ0n) is 14.0. The zero-order chi connectivity index (χ0) is 16.5. The molecule has 1 fully saturated rings. The molecule has 1 saturated heterocycles. The molecule has 1 atom stereocenters. The second-order valence-corrected chi connectivity index (χ2v) is 6.04. The molecule has 1 aromatic rings. The van der Waals surface area contributed by atoms with E-state index in [0.29, 0.717) is 19.5 Å². The number of rotatable bonds is 8. The maximum atomic E-state index is 11.9. The number of nitrogens with zero attached hydrogens (tertiary/aromatic N) is 1. The Labute approximate surface area is 138 Å². The Hall–Kier alpha value is -1.43. The van der Waals surface area contributed by atoms with Crippen LogP contribution in [0.1, 0.15) is 24.5 Å². The van der Waals surface area contributed by atoms with Crippen LogP contribution in [-0.4, -0.2) is 61.4 Å². The molecule has 5 nitrogen and oxygen atoms in total. The number of hydrogen-bond acceptors (Lipinski definition) is 4. The standard InChI is InChI=1S/C18H28N2O3/c1-2-15-3-5-16(6-4-15)7-8-18(22)19-13-17(21)14-20-9-11-23-12-10-20/h3-6,17,21H,2,7-14H2,1H3,(H,19,22). The fraction of sp³-hybridized carbons (Fsp3) is 0.611. The smallest absolute Gasteiger partial charge is 0.220 e. The lowest BCUT2D eigenvalue weighted by atomic mass is 10.1. The molecule has 2 N–H and O–H groups in total. The van der Waals surface area contributed by atoms with E-state index in [2.05, 4.69) is 41.4 Å². The van der Waals surface area contributed by atoms with Crippen molar-refractivity contribution in [2.24, 2.45) is 0 Å². The summed E-state index contributed by atoms with van der Waals surface area (Å²) in [7, 11) is 0. The van der Waals surface area contributed by atoms with Crippen molar-refractivity contribution in [1.29, 1.82) is 0 Å². The maximum Gasteiger partial charge on any atom is 0.220 e. The molecule has 5 heteroatoms. The molecule has 1 heterocycles. The number of nitrogens with one attached hydrogen (secondary N) is 1. The Balaban J connectivity index is 1.61. The summed E-state index contributed by atoms with van der Waals surface area (Å²) in [5.41, 5.74) is 2.48. The lowest BCUT2D eigenvalue weighted by Gasteiger charge is -2.28. The van der Waals surface area contributed by atoms with Crippen molar-refractivity contribution in [2.45, 2.75) is 32.3 Å². The van der Waals surface area contributed by atoms with Crippen LogP contribution in [0, 0.1) is 0 Å². The summed E-state index contributed by atoms with van der Waals surface area (Å²) < 4.78 is 5.27. The number of aliphatic hydroxyl groups is 1. The largest absolute Gasteiger partial charge is 0.390 e. The lowest BCUT2D eigenvalue weighted by molar-refractivity contribution is -0.121. The van der Waals surface area contributed by atoms with Gasteiger partial charge in [0.05, 0.1) is 19.3 Å². The van der Waals surface area contributed by atoms with Crippen LogP contribution in [0.25, 0.3) is 0 Å². The van der Waals surface area contributed by atoms with Crippen molar-refractivity contribution < 1.29 is 14.6 Å². The van der Waals surface area contributed by atoms with Gasteiger partial charge in [-0.15, -0.1) is 0 Å². The number of morpholine rings is 1. The van der Waals surface area contributed by atoms with Gasteiger partial charge in [0.15, 0.2) is 0 Å². The van der Waals surface area contributed by atoms with Gasteiger partial charge in [-0.05, 0) is 24.0 Å². The van der Waals surface area contributed by atoms with Crippen molar-refractivity contribution in [3.8, 4) is 0 Å². The zero-order valence-corrected chi connectivity index (χ0v) is 14.0. The van der Waals surface area contributed by atoms with Crippen LogP contribution >= 0.6 is 0 Å². The van der Waals surface area contributed by atoms with Gasteiger partial charge in [-0.25, -0.2) is 0 Å². The second kappa shape index (κ2) is 9.65. The van der Waals surface area contributed by atoms with Gasteiger partial charge in [0.1, 0.15) is 0 Å². The minimum absolute atomic E-state index is 0.00871. The number of hydrogen-bond donors (Lipinski definition) is 2. The van der Waals surface area contributed by atoms with Crippen molar-refractivity contribution in [3.63, 3.8) is 0 Å². The highest BCUT2D eigenvalue weighted by Crippen LogP contribution is 2.07. The van der Waals surface area contributed by atoms with E-state index in [1.165, 1.54) is 11.1 Å². The van der Waals surface area contributed by atoms with Crippen LogP contribution in [0.4, 0.5) is 0 Å². The van der Waals surface area contributed by atoms with Crippen LogP contribution in [0.5, 0.6) is 0 Å². The fourth-order valence-electron chi connectivity index (χ4n) is 2.67. The van der Waals surface area contributed by atoms with E-state index in [1.54, 1.807) is 0 Å². The Kier molecular flexibility index (Phi) is 7.52. The minimum Gasteiger partial charge on any atom is -0.390 e. The minimum atomic E-state index is -0.527. The number of aliphatic hydroxyl groups excluding tert-OH is 1. The predicted molar refractivity (Wildman–Crippen MR) is 90.4 cm³/mol. The highest BCUT2D eigenvalue weighted by Gasteiger charge is 2.15. The molecule has 1 aromatic carbocycles. The highest BCUT2D eigenvalue weighted by atomic mass is 16.5. The number of carbonyl (C=O) groups excluding carboxylic acids is 1. The summed E-state index contributed by atoms with van der Waals surface area (Å²) in [5, 5.41) is 12.8. The number of β-amino-alcohol motifs (C(OH)–C–C–N with tert-alkyl or cyclic N) is 1. The molecule has 23 heavy (non-hydrogen) atoms. The Morgan fingerprint density at radius 1 is 1.26 bits per heavy atom. The molecule has 1 aliphatic heterocycles. The van der Waals surface area contributed by atoms with Gasteiger partial charge >= 0.3 is 0 Å². The summed E-state index contributed by atoms with van der Waals surface area (Å²) in [5.74, 6) is -0.00871. The molecule has 128 valence electrons. The summed E-state index contributed by atoms with van der Waals surface area (Å²) in [6, 6.07) is 8.39. The van der Waals surface area contributed by atoms with Crippen molar-refractivity contribution in [2.75, 3.05) is 39.4 Å². The van der Waals surface area contributed by atoms with E-state index in [9.17, 15) is 9.90 Å². The first kappa shape index (κ1) is 17.9. The molecule has 2 rings (SSSR count). The molecule has 1 unspecified atom stereocenters. The van der Waals surface area contributed by atoms with Crippen molar-refractivity contribution in [1.82, 2.24) is 10.2 Å². The monoisotopic (exact) mass is 320 g/mol. The maximum absolute atomic E-state index is 11.9. The van der Waals surface area contributed by atoms with Gasteiger partial charge in [-0.2, -0.15) is 0 Å². The first-order valence-corrected chi connectivity index (χ1v) is 8.50. The fourth-order valence-corrected chi connectivity index (χ4v) is 2.67. The normalized spacial score (nSPS) is 17.0. The number of ether oxygens (including phenoxy) is 1. The molecule has 0 aromatic heterocycles. The molecule has 0 spiro atoms. The third-order valence-corrected chi connectivity index (χ3v) is 4.18. The van der Waals surface area contributed by atoms with E-state index >= 15 is 0 Å². The van der Waals surface area contributed by atoms with E-state index in [4.69, 9.17) is 4.74 Å². The Morgan fingerprint density at radius 3 is 2.57 bits per heavy atom. The quantitative estimate of drug-likeness (QED) is 0.750. The second-order valence-electron chi connectivity index (χ2n) is 6.04. The Morgan fingerprint density at radius 2 is 1.91 bits per heavy atom. The molecule has 0 bridgehead atoms. The molecule has 0 radical (unpaired) electrons. The van der Waals surface area contributed by atoms with Crippen LogP contribution in [-0.2, 0) is 22.4 Å². The molecular formula is C18H28N2O3. The van der Waals surface area contributed by atoms with Crippen LogP contribution < -0.4 is 5.32 Å². The van der Waals surface area contributed by atoms with Crippen LogP contribution in [0.2, 0.25) is 0 Å². The summed E-state index contributed by atoms with van der Waals surface area (Å²) in [6.45, 7) is 6.15. The van der Waals surface area contributed by atoms with Gasteiger partial charge in [0.2, 0.25) is 5.91 Å². The average Bonchev–Trinajstić information content (AvgIpc) is 2.59. The number of carbonyl (C=O) groups is 1. The lowest BCUT2D eigenvalue weighted by Crippen LogP contribution is -2.44. The average molecular weight is 320 g/mol. The first-order chi connectivity index (χ1) is 11.2.